The molecule has 1 fully saturated rings. The van der Waals surface area contributed by atoms with Crippen molar-refractivity contribution in [3.8, 4) is 0 Å². The monoisotopic (exact) mass is 223 g/mol. The Hall–Kier alpha value is -1.29. The van der Waals surface area contributed by atoms with Crippen LogP contribution in [0.2, 0.25) is 0 Å². The Morgan fingerprint density at radius 1 is 1.44 bits per heavy atom. The normalized spacial score (nSPS) is 17.2. The van der Waals surface area contributed by atoms with E-state index in [1.54, 1.807) is 6.26 Å². The highest BCUT2D eigenvalue weighted by Crippen LogP contribution is 2.18. The highest BCUT2D eigenvalue weighted by Gasteiger charge is 2.17. The van der Waals surface area contributed by atoms with E-state index in [4.69, 9.17) is 9.15 Å². The van der Waals surface area contributed by atoms with Crippen LogP contribution in [0.1, 0.15) is 25.0 Å². The van der Waals surface area contributed by atoms with Gasteiger partial charge in [-0.3, -0.25) is 4.79 Å². The van der Waals surface area contributed by atoms with Gasteiger partial charge >= 0.3 is 0 Å². The average Bonchev–Trinajstić information content (AvgIpc) is 2.81. The highest BCUT2D eigenvalue weighted by atomic mass is 16.5. The second-order valence-corrected chi connectivity index (χ2v) is 4.12. The molecular weight excluding hydrogens is 206 g/mol. The molecule has 0 aromatic carbocycles. The fraction of sp³-hybridized carbons (Fsp3) is 0.583. The van der Waals surface area contributed by atoms with E-state index >= 15 is 0 Å². The molecular formula is C12H17NO3. The third-order valence-electron chi connectivity index (χ3n) is 2.85. The van der Waals surface area contributed by atoms with Crippen molar-refractivity contribution in [2.75, 3.05) is 13.2 Å². The Kier molecular flexibility index (Phi) is 3.99. The molecule has 1 saturated heterocycles. The quantitative estimate of drug-likeness (QED) is 0.845. The number of ether oxygens (including phenoxy) is 1. The van der Waals surface area contributed by atoms with Gasteiger partial charge in [0.05, 0.1) is 12.8 Å². The first-order valence-corrected chi connectivity index (χ1v) is 5.71. The van der Waals surface area contributed by atoms with E-state index in [2.05, 4.69) is 5.32 Å². The number of nitrogens with one attached hydrogen (secondary N) is 1. The standard InChI is InChI=1S/C12H17NO3/c14-12(8-10-3-6-15-7-4-10)13-9-11-2-1-5-16-11/h1-2,5,10H,3-4,6-9H2,(H,13,14). The van der Waals surface area contributed by atoms with Crippen molar-refractivity contribution in [3.05, 3.63) is 24.2 Å². The Bertz CT molecular complexity index is 315. The average molecular weight is 223 g/mol. The zero-order chi connectivity index (χ0) is 11.2. The first-order chi connectivity index (χ1) is 7.84. The molecule has 16 heavy (non-hydrogen) atoms. The molecule has 0 saturated carbocycles. The van der Waals surface area contributed by atoms with Crippen molar-refractivity contribution in [3.63, 3.8) is 0 Å². The van der Waals surface area contributed by atoms with Gasteiger partial charge in [-0.15, -0.1) is 0 Å². The van der Waals surface area contributed by atoms with Crippen LogP contribution in [0, 0.1) is 5.92 Å². The molecule has 1 N–H and O–H groups in total. The Labute approximate surface area is 95.0 Å². The van der Waals surface area contributed by atoms with Gasteiger partial charge in [-0.2, -0.15) is 0 Å². The highest BCUT2D eigenvalue weighted by molar-refractivity contribution is 5.76. The van der Waals surface area contributed by atoms with Crippen molar-refractivity contribution in [2.24, 2.45) is 5.92 Å². The molecule has 2 heterocycles. The number of rotatable bonds is 4. The second kappa shape index (κ2) is 5.70. The molecule has 1 aromatic heterocycles. The molecule has 0 bridgehead atoms. The maximum atomic E-state index is 11.6. The minimum atomic E-state index is 0.100. The van der Waals surface area contributed by atoms with Crippen LogP contribution in [0.4, 0.5) is 0 Å². The Morgan fingerprint density at radius 3 is 2.94 bits per heavy atom. The van der Waals surface area contributed by atoms with E-state index in [-0.39, 0.29) is 5.91 Å². The molecule has 4 heteroatoms. The predicted molar refractivity (Wildman–Crippen MR) is 58.7 cm³/mol. The maximum Gasteiger partial charge on any atom is 0.220 e. The van der Waals surface area contributed by atoms with Gasteiger partial charge in [0.1, 0.15) is 5.76 Å². The topological polar surface area (TPSA) is 51.5 Å². The van der Waals surface area contributed by atoms with Crippen LogP contribution in [0.5, 0.6) is 0 Å². The molecule has 0 aliphatic carbocycles. The van der Waals surface area contributed by atoms with Gasteiger partial charge in [-0.25, -0.2) is 0 Å². The van der Waals surface area contributed by atoms with Crippen LogP contribution < -0.4 is 5.32 Å². The second-order valence-electron chi connectivity index (χ2n) is 4.12. The zero-order valence-corrected chi connectivity index (χ0v) is 9.28. The number of carbonyl (C=O) groups excluding carboxylic acids is 1. The van der Waals surface area contributed by atoms with Crippen LogP contribution in [0.15, 0.2) is 22.8 Å². The molecule has 4 nitrogen and oxygen atoms in total. The lowest BCUT2D eigenvalue weighted by atomic mass is 9.96. The lowest BCUT2D eigenvalue weighted by molar-refractivity contribution is -0.122. The summed E-state index contributed by atoms with van der Waals surface area (Å²) in [5, 5.41) is 2.86. The fourth-order valence-corrected chi connectivity index (χ4v) is 1.88. The predicted octanol–water partition coefficient (Wildman–Crippen LogP) is 1.71. The number of hydrogen-bond acceptors (Lipinski definition) is 3. The maximum absolute atomic E-state index is 11.6. The van der Waals surface area contributed by atoms with E-state index in [1.165, 1.54) is 0 Å². The van der Waals surface area contributed by atoms with Crippen molar-refractivity contribution < 1.29 is 13.9 Å². The largest absolute Gasteiger partial charge is 0.467 e. The van der Waals surface area contributed by atoms with Crippen LogP contribution in [0.3, 0.4) is 0 Å². The molecule has 0 atom stereocenters. The molecule has 1 aromatic rings. The first kappa shape index (κ1) is 11.2. The van der Waals surface area contributed by atoms with Gasteiger partial charge < -0.3 is 14.5 Å². The molecule has 1 aliphatic rings. The van der Waals surface area contributed by atoms with E-state index in [9.17, 15) is 4.79 Å². The number of hydrogen-bond donors (Lipinski definition) is 1. The van der Waals surface area contributed by atoms with Gasteiger partial charge in [-0.1, -0.05) is 0 Å². The summed E-state index contributed by atoms with van der Waals surface area (Å²) in [7, 11) is 0. The van der Waals surface area contributed by atoms with Crippen molar-refractivity contribution in [1.29, 1.82) is 0 Å². The summed E-state index contributed by atoms with van der Waals surface area (Å²) in [5.74, 6) is 1.37. The summed E-state index contributed by atoms with van der Waals surface area (Å²) >= 11 is 0. The molecule has 1 amide bonds. The van der Waals surface area contributed by atoms with Gasteiger partial charge in [0.15, 0.2) is 0 Å². The first-order valence-electron chi connectivity index (χ1n) is 5.71. The summed E-state index contributed by atoms with van der Waals surface area (Å²) in [6, 6.07) is 3.68. The smallest absolute Gasteiger partial charge is 0.220 e. The van der Waals surface area contributed by atoms with Gasteiger partial charge in [0, 0.05) is 19.6 Å². The molecule has 88 valence electrons. The number of amides is 1. The third-order valence-corrected chi connectivity index (χ3v) is 2.85. The van der Waals surface area contributed by atoms with Crippen molar-refractivity contribution in [1.82, 2.24) is 5.32 Å². The van der Waals surface area contributed by atoms with E-state index < -0.39 is 0 Å². The van der Waals surface area contributed by atoms with E-state index in [1.807, 2.05) is 12.1 Å². The SMILES string of the molecule is O=C(CC1CCOCC1)NCc1ccco1. The number of furan rings is 1. The molecule has 0 unspecified atom stereocenters. The van der Waals surface area contributed by atoms with Crippen LogP contribution in [-0.4, -0.2) is 19.1 Å². The summed E-state index contributed by atoms with van der Waals surface area (Å²) in [6.45, 7) is 2.06. The Morgan fingerprint density at radius 2 is 2.25 bits per heavy atom. The molecule has 0 radical (unpaired) electrons. The van der Waals surface area contributed by atoms with Gasteiger partial charge in [0.2, 0.25) is 5.91 Å². The van der Waals surface area contributed by atoms with Gasteiger partial charge in [0.25, 0.3) is 0 Å². The van der Waals surface area contributed by atoms with Crippen LogP contribution in [-0.2, 0) is 16.1 Å². The summed E-state index contributed by atoms with van der Waals surface area (Å²) in [5.41, 5.74) is 0. The molecule has 1 aliphatic heterocycles. The minimum Gasteiger partial charge on any atom is -0.467 e. The Balaban J connectivity index is 1.67. The van der Waals surface area contributed by atoms with E-state index in [0.29, 0.717) is 18.9 Å². The lowest BCUT2D eigenvalue weighted by Gasteiger charge is -2.21. The number of carbonyl (C=O) groups is 1. The van der Waals surface area contributed by atoms with Crippen LogP contribution in [0.25, 0.3) is 0 Å². The summed E-state index contributed by atoms with van der Waals surface area (Å²) < 4.78 is 10.4. The van der Waals surface area contributed by atoms with Crippen molar-refractivity contribution in [2.45, 2.75) is 25.8 Å². The lowest BCUT2D eigenvalue weighted by Crippen LogP contribution is -2.27. The summed E-state index contributed by atoms with van der Waals surface area (Å²) in [6.07, 6.45) is 4.20. The fourth-order valence-electron chi connectivity index (χ4n) is 1.88. The molecule has 0 spiro atoms. The van der Waals surface area contributed by atoms with Crippen molar-refractivity contribution >= 4 is 5.91 Å². The molecule has 2 rings (SSSR count). The van der Waals surface area contributed by atoms with Crippen LogP contribution >= 0.6 is 0 Å². The third kappa shape index (κ3) is 3.38. The summed E-state index contributed by atoms with van der Waals surface area (Å²) in [4.78, 5) is 11.6. The van der Waals surface area contributed by atoms with E-state index in [0.717, 1.165) is 31.8 Å². The zero-order valence-electron chi connectivity index (χ0n) is 9.28. The van der Waals surface area contributed by atoms with Gasteiger partial charge in [-0.05, 0) is 30.9 Å². The minimum absolute atomic E-state index is 0.100.